The average Bonchev–Trinajstić information content (AvgIpc) is 2.72. The fourth-order valence-corrected chi connectivity index (χ4v) is 2.16. The molecule has 19 heavy (non-hydrogen) atoms. The van der Waals surface area contributed by atoms with Crippen LogP contribution < -0.4 is 5.73 Å². The van der Waals surface area contributed by atoms with Crippen LogP contribution in [0.5, 0.6) is 0 Å². The number of nitrogens with two attached hydrogens (primary N) is 1. The number of nitrogens with one attached hydrogen (secondary N) is 1. The third kappa shape index (κ3) is 3.54. The molecule has 0 atom stereocenters. The van der Waals surface area contributed by atoms with Gasteiger partial charge in [-0.1, -0.05) is 12.1 Å². The molecule has 2 aromatic rings. The minimum absolute atomic E-state index is 0.243. The number of benzene rings is 1. The van der Waals surface area contributed by atoms with E-state index < -0.39 is 0 Å². The van der Waals surface area contributed by atoms with E-state index >= 15 is 0 Å². The van der Waals surface area contributed by atoms with Crippen molar-refractivity contribution in [2.45, 2.75) is 26.3 Å². The summed E-state index contributed by atoms with van der Waals surface area (Å²) in [6.45, 7) is 3.63. The summed E-state index contributed by atoms with van der Waals surface area (Å²) in [6, 6.07) is 6.12. The first-order valence-electron chi connectivity index (χ1n) is 6.47. The van der Waals surface area contributed by atoms with Gasteiger partial charge in [0.1, 0.15) is 5.82 Å². The Labute approximate surface area is 112 Å². The summed E-state index contributed by atoms with van der Waals surface area (Å²) >= 11 is 0. The lowest BCUT2D eigenvalue weighted by molar-refractivity contribution is -0.118. The van der Waals surface area contributed by atoms with Crippen LogP contribution in [0.2, 0.25) is 0 Å². The Hall–Kier alpha value is -1.88. The first-order valence-corrected chi connectivity index (χ1v) is 6.47. The Balaban J connectivity index is 1.97. The molecule has 1 aromatic heterocycles. The second kappa shape index (κ2) is 5.84. The molecule has 0 aliphatic rings. The SMILES string of the molecule is Cc1cccc2[nH]c(CN(C)CCCC(N)=O)nc12. The van der Waals surface area contributed by atoms with Crippen LogP contribution >= 0.6 is 0 Å². The largest absolute Gasteiger partial charge is 0.370 e. The van der Waals surface area contributed by atoms with Gasteiger partial charge in [-0.15, -0.1) is 0 Å². The smallest absolute Gasteiger partial charge is 0.217 e. The minimum atomic E-state index is -0.243. The number of fused-ring (bicyclic) bond motifs is 1. The Bertz CT molecular complexity index is 576. The second-order valence-corrected chi connectivity index (χ2v) is 4.96. The lowest BCUT2D eigenvalue weighted by Gasteiger charge is -2.13. The van der Waals surface area contributed by atoms with E-state index in [1.165, 1.54) is 5.56 Å². The Morgan fingerprint density at radius 1 is 1.47 bits per heavy atom. The summed E-state index contributed by atoms with van der Waals surface area (Å²) in [5.41, 5.74) is 8.40. The van der Waals surface area contributed by atoms with Crippen LogP contribution in [0.4, 0.5) is 0 Å². The number of para-hydroxylation sites is 1. The standard InChI is InChI=1S/C14H20N4O/c1-10-5-3-6-11-14(10)17-13(16-11)9-18(2)8-4-7-12(15)19/h3,5-6H,4,7-9H2,1-2H3,(H2,15,19)(H,16,17). The van der Waals surface area contributed by atoms with Gasteiger partial charge in [0.05, 0.1) is 17.6 Å². The number of imidazole rings is 1. The number of primary amides is 1. The number of carbonyl (C=O) groups is 1. The van der Waals surface area contributed by atoms with Crippen molar-refractivity contribution in [3.05, 3.63) is 29.6 Å². The highest BCUT2D eigenvalue weighted by atomic mass is 16.1. The van der Waals surface area contributed by atoms with Crippen molar-refractivity contribution in [2.75, 3.05) is 13.6 Å². The van der Waals surface area contributed by atoms with Gasteiger partial charge in [-0.05, 0) is 38.6 Å². The number of carbonyl (C=O) groups excluding carboxylic acids is 1. The number of hydrogen-bond acceptors (Lipinski definition) is 3. The van der Waals surface area contributed by atoms with Gasteiger partial charge in [-0.25, -0.2) is 4.98 Å². The number of aromatic nitrogens is 2. The molecule has 102 valence electrons. The molecule has 0 saturated heterocycles. The Kier molecular flexibility index (Phi) is 4.16. The number of hydrogen-bond donors (Lipinski definition) is 2. The van der Waals surface area contributed by atoms with Gasteiger partial charge in [0.25, 0.3) is 0 Å². The summed E-state index contributed by atoms with van der Waals surface area (Å²) in [5, 5.41) is 0. The number of aryl methyl sites for hydroxylation is 1. The van der Waals surface area contributed by atoms with Gasteiger partial charge in [-0.3, -0.25) is 9.69 Å². The van der Waals surface area contributed by atoms with Crippen molar-refractivity contribution in [1.29, 1.82) is 0 Å². The highest BCUT2D eigenvalue weighted by Gasteiger charge is 2.07. The van der Waals surface area contributed by atoms with Crippen LogP contribution in [-0.4, -0.2) is 34.4 Å². The highest BCUT2D eigenvalue weighted by molar-refractivity contribution is 5.78. The molecule has 0 fully saturated rings. The van der Waals surface area contributed by atoms with Gasteiger partial charge in [-0.2, -0.15) is 0 Å². The monoisotopic (exact) mass is 260 g/mol. The molecule has 0 spiro atoms. The molecular formula is C14H20N4O. The van der Waals surface area contributed by atoms with Crippen LogP contribution in [-0.2, 0) is 11.3 Å². The molecule has 5 heteroatoms. The zero-order chi connectivity index (χ0) is 13.8. The summed E-state index contributed by atoms with van der Waals surface area (Å²) in [6.07, 6.45) is 1.22. The number of rotatable bonds is 6. The van der Waals surface area contributed by atoms with E-state index in [4.69, 9.17) is 5.73 Å². The maximum Gasteiger partial charge on any atom is 0.217 e. The molecule has 0 aliphatic carbocycles. The third-order valence-electron chi connectivity index (χ3n) is 3.15. The van der Waals surface area contributed by atoms with Crippen LogP contribution in [0.15, 0.2) is 18.2 Å². The van der Waals surface area contributed by atoms with E-state index in [2.05, 4.69) is 27.9 Å². The molecule has 0 aliphatic heterocycles. The van der Waals surface area contributed by atoms with Gasteiger partial charge in [0.2, 0.25) is 5.91 Å². The minimum Gasteiger partial charge on any atom is -0.370 e. The highest BCUT2D eigenvalue weighted by Crippen LogP contribution is 2.16. The van der Waals surface area contributed by atoms with Crippen LogP contribution in [0.25, 0.3) is 11.0 Å². The van der Waals surface area contributed by atoms with Crippen molar-refractivity contribution in [3.63, 3.8) is 0 Å². The summed E-state index contributed by atoms with van der Waals surface area (Å²) in [5.74, 6) is 0.707. The lowest BCUT2D eigenvalue weighted by atomic mass is 10.2. The van der Waals surface area contributed by atoms with Gasteiger partial charge in [0.15, 0.2) is 0 Å². The fraction of sp³-hybridized carbons (Fsp3) is 0.429. The van der Waals surface area contributed by atoms with Crippen LogP contribution in [0, 0.1) is 6.92 Å². The van der Waals surface area contributed by atoms with Crippen molar-refractivity contribution in [1.82, 2.24) is 14.9 Å². The van der Waals surface area contributed by atoms with E-state index in [0.717, 1.165) is 36.4 Å². The number of H-pyrrole nitrogens is 1. The molecule has 5 nitrogen and oxygen atoms in total. The maximum absolute atomic E-state index is 10.7. The normalized spacial score (nSPS) is 11.3. The maximum atomic E-state index is 10.7. The number of nitrogens with zero attached hydrogens (tertiary/aromatic N) is 2. The molecule has 0 radical (unpaired) electrons. The van der Waals surface area contributed by atoms with Crippen molar-refractivity contribution < 1.29 is 4.79 Å². The zero-order valence-corrected chi connectivity index (χ0v) is 11.4. The predicted octanol–water partition coefficient (Wildman–Crippen LogP) is 1.57. The Morgan fingerprint density at radius 2 is 2.26 bits per heavy atom. The molecule has 1 heterocycles. The average molecular weight is 260 g/mol. The number of aromatic amines is 1. The van der Waals surface area contributed by atoms with E-state index in [-0.39, 0.29) is 5.91 Å². The topological polar surface area (TPSA) is 75.0 Å². The van der Waals surface area contributed by atoms with Crippen molar-refractivity contribution >= 4 is 16.9 Å². The quantitative estimate of drug-likeness (QED) is 0.827. The van der Waals surface area contributed by atoms with Crippen LogP contribution in [0.1, 0.15) is 24.2 Å². The van der Waals surface area contributed by atoms with E-state index in [9.17, 15) is 4.79 Å². The van der Waals surface area contributed by atoms with Gasteiger partial charge >= 0.3 is 0 Å². The predicted molar refractivity (Wildman–Crippen MR) is 75.6 cm³/mol. The van der Waals surface area contributed by atoms with E-state index in [1.54, 1.807) is 0 Å². The van der Waals surface area contributed by atoms with Gasteiger partial charge < -0.3 is 10.7 Å². The van der Waals surface area contributed by atoms with Crippen molar-refractivity contribution in [3.8, 4) is 0 Å². The molecular weight excluding hydrogens is 240 g/mol. The fourth-order valence-electron chi connectivity index (χ4n) is 2.16. The zero-order valence-electron chi connectivity index (χ0n) is 11.4. The van der Waals surface area contributed by atoms with Crippen molar-refractivity contribution in [2.24, 2.45) is 5.73 Å². The molecule has 0 unspecified atom stereocenters. The molecule has 1 amide bonds. The van der Waals surface area contributed by atoms with E-state index in [1.807, 2.05) is 19.2 Å². The molecule has 0 saturated carbocycles. The molecule has 2 rings (SSSR count). The Morgan fingerprint density at radius 3 is 2.95 bits per heavy atom. The first kappa shape index (κ1) is 13.5. The van der Waals surface area contributed by atoms with Crippen LogP contribution in [0.3, 0.4) is 0 Å². The molecule has 0 bridgehead atoms. The third-order valence-corrected chi connectivity index (χ3v) is 3.15. The lowest BCUT2D eigenvalue weighted by Crippen LogP contribution is -2.21. The van der Waals surface area contributed by atoms with E-state index in [0.29, 0.717) is 6.42 Å². The molecule has 1 aromatic carbocycles. The summed E-state index contributed by atoms with van der Waals surface area (Å²) < 4.78 is 0. The van der Waals surface area contributed by atoms with Gasteiger partial charge in [0, 0.05) is 6.42 Å². The first-order chi connectivity index (χ1) is 9.06. The second-order valence-electron chi connectivity index (χ2n) is 4.96. The molecule has 3 N–H and O–H groups in total. The number of amides is 1. The summed E-state index contributed by atoms with van der Waals surface area (Å²) in [4.78, 5) is 20.7. The summed E-state index contributed by atoms with van der Waals surface area (Å²) in [7, 11) is 2.01.